The minimum atomic E-state index is -0.333. The first kappa shape index (κ1) is 15.3. The third-order valence-corrected chi connectivity index (χ3v) is 2.38. The van der Waals surface area contributed by atoms with Crippen molar-refractivity contribution in [1.29, 1.82) is 0 Å². The third kappa shape index (κ3) is 5.80. The second-order valence-corrected chi connectivity index (χ2v) is 3.82. The van der Waals surface area contributed by atoms with Crippen LogP contribution in [0.1, 0.15) is 26.3 Å². The highest BCUT2D eigenvalue weighted by Crippen LogP contribution is 2.19. The van der Waals surface area contributed by atoms with E-state index < -0.39 is 0 Å². The van der Waals surface area contributed by atoms with Crippen molar-refractivity contribution >= 4 is 17.3 Å². The molecule has 0 bridgehead atoms. The minimum absolute atomic E-state index is 0.333. The summed E-state index contributed by atoms with van der Waals surface area (Å²) in [5.41, 5.74) is 13.5. The molecule has 1 amide bonds. The van der Waals surface area contributed by atoms with Gasteiger partial charge < -0.3 is 16.4 Å². The van der Waals surface area contributed by atoms with Crippen molar-refractivity contribution in [1.82, 2.24) is 0 Å². The molecule has 4 nitrogen and oxygen atoms in total. The van der Waals surface area contributed by atoms with Gasteiger partial charge in [-0.2, -0.15) is 0 Å². The average Bonchev–Trinajstić information content (AvgIpc) is 2.24. The van der Waals surface area contributed by atoms with Crippen molar-refractivity contribution in [2.75, 3.05) is 23.7 Å². The average molecular weight is 237 g/mol. The third-order valence-electron chi connectivity index (χ3n) is 2.38. The fraction of sp³-hybridized carbons (Fsp3) is 0.462. The Balaban J connectivity index is 0.000000557. The summed E-state index contributed by atoms with van der Waals surface area (Å²) in [6.07, 6.45) is 0. The molecule has 4 N–H and O–H groups in total. The van der Waals surface area contributed by atoms with Crippen molar-refractivity contribution in [2.45, 2.75) is 27.7 Å². The van der Waals surface area contributed by atoms with E-state index in [0.717, 1.165) is 24.3 Å². The molecular weight excluding hydrogens is 214 g/mol. The van der Waals surface area contributed by atoms with Gasteiger partial charge in [0.25, 0.3) is 0 Å². The van der Waals surface area contributed by atoms with Crippen LogP contribution in [0.3, 0.4) is 0 Å². The quantitative estimate of drug-likeness (QED) is 0.789. The number of nitrogen functional groups attached to an aromatic ring is 1. The van der Waals surface area contributed by atoms with Gasteiger partial charge in [-0.15, -0.1) is 0 Å². The molecule has 0 unspecified atom stereocenters. The summed E-state index contributed by atoms with van der Waals surface area (Å²) in [6, 6.07) is 6.20. The molecule has 0 radical (unpaired) electrons. The van der Waals surface area contributed by atoms with Crippen LogP contribution in [0, 0.1) is 6.92 Å². The molecule has 0 saturated heterocycles. The number of nitrogens with two attached hydrogens (primary N) is 2. The molecule has 17 heavy (non-hydrogen) atoms. The Kier molecular flexibility index (Phi) is 6.79. The Morgan fingerprint density at radius 2 is 1.76 bits per heavy atom. The number of hydrogen-bond acceptors (Lipinski definition) is 3. The van der Waals surface area contributed by atoms with Crippen LogP contribution < -0.4 is 16.4 Å². The fourth-order valence-electron chi connectivity index (χ4n) is 1.45. The maximum absolute atomic E-state index is 9.22. The zero-order chi connectivity index (χ0) is 13.4. The van der Waals surface area contributed by atoms with Crippen molar-refractivity contribution in [2.24, 2.45) is 5.73 Å². The number of hydrogen-bond donors (Lipinski definition) is 2. The highest BCUT2D eigenvalue weighted by atomic mass is 16.1. The number of primary amides is 1. The van der Waals surface area contributed by atoms with Crippen LogP contribution in [0.5, 0.6) is 0 Å². The molecule has 0 spiro atoms. The molecule has 0 aliphatic rings. The lowest BCUT2D eigenvalue weighted by molar-refractivity contribution is -0.115. The monoisotopic (exact) mass is 237 g/mol. The van der Waals surface area contributed by atoms with E-state index in [-0.39, 0.29) is 5.91 Å². The standard InChI is InChI=1S/C11H18N2.C2H5NO/c1-4-13(5-2)10-6-7-11(12)9(3)8-10;1-2(3)4/h6-8H,4-5,12H2,1-3H3;1H3,(H2,3,4). The van der Waals surface area contributed by atoms with Crippen LogP contribution in [-0.4, -0.2) is 19.0 Å². The molecule has 0 saturated carbocycles. The largest absolute Gasteiger partial charge is 0.399 e. The molecule has 4 heteroatoms. The Morgan fingerprint density at radius 1 is 1.29 bits per heavy atom. The maximum atomic E-state index is 9.22. The Morgan fingerprint density at radius 3 is 2.12 bits per heavy atom. The van der Waals surface area contributed by atoms with Crippen molar-refractivity contribution < 1.29 is 4.79 Å². The second-order valence-electron chi connectivity index (χ2n) is 3.82. The van der Waals surface area contributed by atoms with E-state index in [0.29, 0.717) is 0 Å². The summed E-state index contributed by atoms with van der Waals surface area (Å²) in [7, 11) is 0. The van der Waals surface area contributed by atoms with Gasteiger partial charge in [-0.05, 0) is 44.5 Å². The van der Waals surface area contributed by atoms with Crippen molar-refractivity contribution in [3.8, 4) is 0 Å². The number of carbonyl (C=O) groups is 1. The van der Waals surface area contributed by atoms with E-state index in [1.54, 1.807) is 0 Å². The first-order valence-corrected chi connectivity index (χ1v) is 5.79. The number of anilines is 2. The molecule has 0 atom stereocenters. The maximum Gasteiger partial charge on any atom is 0.214 e. The number of nitrogens with zero attached hydrogens (tertiary/aromatic N) is 1. The van der Waals surface area contributed by atoms with Crippen molar-refractivity contribution in [3.63, 3.8) is 0 Å². The summed E-state index contributed by atoms with van der Waals surface area (Å²) in [5, 5.41) is 0. The molecule has 0 aromatic heterocycles. The lowest BCUT2D eigenvalue weighted by Crippen LogP contribution is -2.21. The number of aryl methyl sites for hydroxylation is 1. The summed E-state index contributed by atoms with van der Waals surface area (Å²) < 4.78 is 0. The minimum Gasteiger partial charge on any atom is -0.399 e. The zero-order valence-electron chi connectivity index (χ0n) is 11.2. The number of benzene rings is 1. The molecule has 1 rings (SSSR count). The molecule has 1 aromatic rings. The van der Waals surface area contributed by atoms with Gasteiger partial charge >= 0.3 is 0 Å². The summed E-state index contributed by atoms with van der Waals surface area (Å²) >= 11 is 0. The second kappa shape index (κ2) is 7.54. The first-order chi connectivity index (χ1) is 7.92. The lowest BCUT2D eigenvalue weighted by Gasteiger charge is -2.21. The van der Waals surface area contributed by atoms with Gasteiger partial charge in [0.2, 0.25) is 5.91 Å². The van der Waals surface area contributed by atoms with Crippen molar-refractivity contribution in [3.05, 3.63) is 23.8 Å². The van der Waals surface area contributed by atoms with Gasteiger partial charge in [0.05, 0.1) is 0 Å². The van der Waals surface area contributed by atoms with E-state index >= 15 is 0 Å². The highest BCUT2D eigenvalue weighted by Gasteiger charge is 2.02. The van der Waals surface area contributed by atoms with Gasteiger partial charge in [-0.3, -0.25) is 4.79 Å². The Bertz CT molecular complexity index is 356. The fourth-order valence-corrected chi connectivity index (χ4v) is 1.45. The molecule has 0 aliphatic carbocycles. The van der Waals surface area contributed by atoms with Gasteiger partial charge in [0.15, 0.2) is 0 Å². The Hall–Kier alpha value is -1.71. The Labute approximate surface area is 104 Å². The molecular formula is C13H23N3O. The van der Waals surface area contributed by atoms with Crippen LogP contribution in [0.2, 0.25) is 0 Å². The number of amides is 1. The number of rotatable bonds is 3. The zero-order valence-corrected chi connectivity index (χ0v) is 11.2. The highest BCUT2D eigenvalue weighted by molar-refractivity contribution is 5.70. The summed E-state index contributed by atoms with van der Waals surface area (Å²) in [5.74, 6) is -0.333. The molecule has 1 aromatic carbocycles. The SMILES string of the molecule is CC(N)=O.CCN(CC)c1ccc(N)c(C)c1. The van der Waals surface area contributed by atoms with E-state index in [1.807, 2.05) is 13.0 Å². The topological polar surface area (TPSA) is 72.4 Å². The first-order valence-electron chi connectivity index (χ1n) is 5.79. The summed E-state index contributed by atoms with van der Waals surface area (Å²) in [4.78, 5) is 11.5. The molecule has 0 fully saturated rings. The van der Waals surface area contributed by atoms with Crippen LogP contribution in [0.25, 0.3) is 0 Å². The van der Waals surface area contributed by atoms with Gasteiger partial charge in [-0.1, -0.05) is 0 Å². The predicted octanol–water partition coefficient (Wildman–Crippen LogP) is 1.92. The van der Waals surface area contributed by atoms with E-state index in [4.69, 9.17) is 5.73 Å². The predicted molar refractivity (Wildman–Crippen MR) is 74.0 cm³/mol. The normalized spacial score (nSPS) is 9.18. The van der Waals surface area contributed by atoms with E-state index in [9.17, 15) is 4.79 Å². The van der Waals surface area contributed by atoms with Crippen LogP contribution in [0.4, 0.5) is 11.4 Å². The van der Waals surface area contributed by atoms with Gasteiger partial charge in [0.1, 0.15) is 0 Å². The van der Waals surface area contributed by atoms with E-state index in [1.165, 1.54) is 12.6 Å². The van der Waals surface area contributed by atoms with Crippen LogP contribution in [0.15, 0.2) is 18.2 Å². The van der Waals surface area contributed by atoms with E-state index in [2.05, 4.69) is 36.6 Å². The lowest BCUT2D eigenvalue weighted by atomic mass is 10.1. The van der Waals surface area contributed by atoms with Crippen LogP contribution in [-0.2, 0) is 4.79 Å². The summed E-state index contributed by atoms with van der Waals surface area (Å²) in [6.45, 7) is 9.76. The van der Waals surface area contributed by atoms with Crippen LogP contribution >= 0.6 is 0 Å². The molecule has 0 heterocycles. The number of carbonyl (C=O) groups excluding carboxylic acids is 1. The van der Waals surface area contributed by atoms with Gasteiger partial charge in [-0.25, -0.2) is 0 Å². The molecule has 96 valence electrons. The molecule has 0 aliphatic heterocycles. The smallest absolute Gasteiger partial charge is 0.214 e. The van der Waals surface area contributed by atoms with Gasteiger partial charge in [0, 0.05) is 31.4 Å².